The summed E-state index contributed by atoms with van der Waals surface area (Å²) in [6, 6.07) is 16.1. The Hall–Kier alpha value is -1.94. The second kappa shape index (κ2) is 4.97. The molecule has 3 N–H and O–H groups in total. The van der Waals surface area contributed by atoms with Crippen molar-refractivity contribution in [2.45, 2.75) is 17.3 Å². The first-order valence-electron chi connectivity index (χ1n) is 6.19. The summed E-state index contributed by atoms with van der Waals surface area (Å²) in [6.45, 7) is 2.16. The minimum Gasteiger partial charge on any atom is -0.399 e. The molecule has 0 bridgehead atoms. The molecule has 0 radical (unpaired) electrons. The normalized spacial score (nSPS) is 12.7. The molecule has 3 nitrogen and oxygen atoms in total. The molecule has 1 aromatic heterocycles. The van der Waals surface area contributed by atoms with Crippen molar-refractivity contribution in [3.63, 3.8) is 0 Å². The number of rotatable bonds is 3. The van der Waals surface area contributed by atoms with Gasteiger partial charge in [0.2, 0.25) is 0 Å². The van der Waals surface area contributed by atoms with E-state index in [1.54, 1.807) is 11.8 Å². The van der Waals surface area contributed by atoms with Crippen molar-refractivity contribution in [1.82, 2.24) is 9.97 Å². The first-order chi connectivity index (χ1) is 9.22. The number of imidazole rings is 1. The maximum atomic E-state index is 5.82. The number of thioether (sulfide) groups is 1. The number of H-pyrrole nitrogens is 1. The molecule has 0 aliphatic carbocycles. The summed E-state index contributed by atoms with van der Waals surface area (Å²) in [6.07, 6.45) is 0. The molecule has 2 aromatic carbocycles. The van der Waals surface area contributed by atoms with E-state index in [4.69, 9.17) is 5.73 Å². The highest BCUT2D eigenvalue weighted by molar-refractivity contribution is 7.99. The van der Waals surface area contributed by atoms with Crippen LogP contribution in [0.5, 0.6) is 0 Å². The molecule has 0 fully saturated rings. The van der Waals surface area contributed by atoms with Crippen LogP contribution in [0.1, 0.15) is 17.7 Å². The molecule has 0 saturated heterocycles. The van der Waals surface area contributed by atoms with Gasteiger partial charge in [-0.2, -0.15) is 0 Å². The van der Waals surface area contributed by atoms with E-state index >= 15 is 0 Å². The number of benzene rings is 2. The van der Waals surface area contributed by atoms with Crippen molar-refractivity contribution in [3.8, 4) is 0 Å². The third-order valence-electron chi connectivity index (χ3n) is 3.04. The number of nitrogen functional groups attached to an aromatic ring is 1. The molecule has 1 atom stereocenters. The van der Waals surface area contributed by atoms with Gasteiger partial charge in [-0.3, -0.25) is 0 Å². The molecule has 0 spiro atoms. The minimum absolute atomic E-state index is 0.309. The van der Waals surface area contributed by atoms with Crippen LogP contribution < -0.4 is 5.73 Å². The zero-order valence-electron chi connectivity index (χ0n) is 10.6. The van der Waals surface area contributed by atoms with E-state index in [1.165, 1.54) is 5.56 Å². The van der Waals surface area contributed by atoms with Crippen LogP contribution in [0.3, 0.4) is 0 Å². The van der Waals surface area contributed by atoms with Crippen molar-refractivity contribution in [2.24, 2.45) is 0 Å². The Morgan fingerprint density at radius 3 is 2.79 bits per heavy atom. The molecule has 1 unspecified atom stereocenters. The fraction of sp³-hybridized carbons (Fsp3) is 0.133. The predicted molar refractivity (Wildman–Crippen MR) is 81.2 cm³/mol. The zero-order valence-corrected chi connectivity index (χ0v) is 11.4. The van der Waals surface area contributed by atoms with Crippen LogP contribution in [0.15, 0.2) is 53.7 Å². The van der Waals surface area contributed by atoms with Gasteiger partial charge in [-0.05, 0) is 36.8 Å². The Balaban J connectivity index is 1.84. The van der Waals surface area contributed by atoms with Gasteiger partial charge in [0.05, 0.1) is 11.0 Å². The van der Waals surface area contributed by atoms with Gasteiger partial charge in [0.15, 0.2) is 5.16 Å². The van der Waals surface area contributed by atoms with Crippen molar-refractivity contribution in [2.75, 3.05) is 5.73 Å². The lowest BCUT2D eigenvalue weighted by Gasteiger charge is -2.10. The number of hydrogen-bond donors (Lipinski definition) is 2. The predicted octanol–water partition coefficient (Wildman–Crippen LogP) is 4.00. The highest BCUT2D eigenvalue weighted by atomic mass is 32.2. The monoisotopic (exact) mass is 269 g/mol. The summed E-state index contributed by atoms with van der Waals surface area (Å²) < 4.78 is 0. The fourth-order valence-electron chi connectivity index (χ4n) is 2.03. The number of hydrogen-bond acceptors (Lipinski definition) is 3. The van der Waals surface area contributed by atoms with E-state index < -0.39 is 0 Å². The Kier molecular flexibility index (Phi) is 3.17. The van der Waals surface area contributed by atoms with Crippen LogP contribution in [0.2, 0.25) is 0 Å². The maximum Gasteiger partial charge on any atom is 0.166 e. The lowest BCUT2D eigenvalue weighted by molar-refractivity contribution is 1.03. The standard InChI is InChI=1S/C15H15N3S/c1-10(11-5-4-6-12(16)9-11)19-15-17-13-7-2-3-8-14(13)18-15/h2-10H,16H2,1H3,(H,17,18). The number of nitrogens with one attached hydrogen (secondary N) is 1. The quantitative estimate of drug-likeness (QED) is 0.558. The second-order valence-electron chi connectivity index (χ2n) is 4.49. The summed E-state index contributed by atoms with van der Waals surface area (Å²) in [4.78, 5) is 7.91. The molecule has 4 heteroatoms. The average molecular weight is 269 g/mol. The minimum atomic E-state index is 0.309. The third kappa shape index (κ3) is 2.58. The largest absolute Gasteiger partial charge is 0.399 e. The van der Waals surface area contributed by atoms with Gasteiger partial charge in [-0.25, -0.2) is 4.98 Å². The van der Waals surface area contributed by atoms with E-state index in [0.717, 1.165) is 21.9 Å². The van der Waals surface area contributed by atoms with E-state index in [2.05, 4.69) is 23.0 Å². The highest BCUT2D eigenvalue weighted by Crippen LogP contribution is 2.34. The summed E-state index contributed by atoms with van der Waals surface area (Å²) >= 11 is 1.71. The second-order valence-corrected chi connectivity index (χ2v) is 5.82. The molecule has 19 heavy (non-hydrogen) atoms. The van der Waals surface area contributed by atoms with Crippen molar-refractivity contribution in [3.05, 3.63) is 54.1 Å². The topological polar surface area (TPSA) is 54.7 Å². The van der Waals surface area contributed by atoms with Gasteiger partial charge in [-0.15, -0.1) is 0 Å². The van der Waals surface area contributed by atoms with Gasteiger partial charge >= 0.3 is 0 Å². The third-order valence-corrected chi connectivity index (χ3v) is 4.08. The maximum absolute atomic E-state index is 5.82. The molecule has 3 aromatic rings. The lowest BCUT2D eigenvalue weighted by atomic mass is 10.1. The van der Waals surface area contributed by atoms with Crippen LogP contribution in [0.4, 0.5) is 5.69 Å². The molecule has 0 aliphatic rings. The summed E-state index contributed by atoms with van der Waals surface area (Å²) in [7, 11) is 0. The van der Waals surface area contributed by atoms with Crippen molar-refractivity contribution < 1.29 is 0 Å². The fourth-order valence-corrected chi connectivity index (χ4v) is 2.97. The van der Waals surface area contributed by atoms with Crippen LogP contribution in [-0.2, 0) is 0 Å². The van der Waals surface area contributed by atoms with E-state index in [9.17, 15) is 0 Å². The molecule has 1 heterocycles. The Labute approximate surface area is 116 Å². The molecule has 0 aliphatic heterocycles. The van der Waals surface area contributed by atoms with Gasteiger partial charge in [0.25, 0.3) is 0 Å². The molecular formula is C15H15N3S. The molecule has 96 valence electrons. The lowest BCUT2D eigenvalue weighted by Crippen LogP contribution is -1.92. The first-order valence-corrected chi connectivity index (χ1v) is 7.07. The molecule has 0 saturated carbocycles. The Bertz CT molecular complexity index is 672. The Morgan fingerprint density at radius 1 is 1.16 bits per heavy atom. The number of aromatic amines is 1. The molecule has 3 rings (SSSR count). The van der Waals surface area contributed by atoms with Crippen molar-refractivity contribution >= 4 is 28.5 Å². The smallest absolute Gasteiger partial charge is 0.166 e. The van der Waals surface area contributed by atoms with Crippen molar-refractivity contribution in [1.29, 1.82) is 0 Å². The zero-order chi connectivity index (χ0) is 13.2. The van der Waals surface area contributed by atoms with Crippen LogP contribution >= 0.6 is 11.8 Å². The van der Waals surface area contributed by atoms with E-state index in [1.807, 2.05) is 42.5 Å². The van der Waals surface area contributed by atoms with Gasteiger partial charge in [-0.1, -0.05) is 36.0 Å². The number of para-hydroxylation sites is 2. The number of anilines is 1. The van der Waals surface area contributed by atoms with Crippen LogP contribution in [0.25, 0.3) is 11.0 Å². The van der Waals surface area contributed by atoms with Gasteiger partial charge in [0.1, 0.15) is 0 Å². The number of fused-ring (bicyclic) bond motifs is 1. The molecular weight excluding hydrogens is 254 g/mol. The number of nitrogens with zero attached hydrogens (tertiary/aromatic N) is 1. The first kappa shape index (κ1) is 12.1. The highest BCUT2D eigenvalue weighted by Gasteiger charge is 2.10. The molecule has 0 amide bonds. The van der Waals surface area contributed by atoms with E-state index in [0.29, 0.717) is 5.25 Å². The SMILES string of the molecule is CC(Sc1nc2ccccc2[nH]1)c1cccc(N)c1. The van der Waals surface area contributed by atoms with Crippen LogP contribution in [0, 0.1) is 0 Å². The summed E-state index contributed by atoms with van der Waals surface area (Å²) in [5, 5.41) is 1.25. The van der Waals surface area contributed by atoms with Gasteiger partial charge in [0, 0.05) is 10.9 Å². The number of aromatic nitrogens is 2. The summed E-state index contributed by atoms with van der Waals surface area (Å²) in [5.41, 5.74) is 9.91. The Morgan fingerprint density at radius 2 is 2.00 bits per heavy atom. The number of nitrogens with two attached hydrogens (primary N) is 1. The summed E-state index contributed by atoms with van der Waals surface area (Å²) in [5.74, 6) is 0. The van der Waals surface area contributed by atoms with E-state index in [-0.39, 0.29) is 0 Å². The van der Waals surface area contributed by atoms with Crippen LogP contribution in [-0.4, -0.2) is 9.97 Å². The average Bonchev–Trinajstić information content (AvgIpc) is 2.80. The van der Waals surface area contributed by atoms with Gasteiger partial charge < -0.3 is 10.7 Å².